The molecule has 0 N–H and O–H groups in total. The lowest BCUT2D eigenvalue weighted by molar-refractivity contribution is 0.651. The van der Waals surface area contributed by atoms with Crippen LogP contribution in [0.4, 0.5) is 0 Å². The molecule has 0 saturated carbocycles. The predicted molar refractivity (Wildman–Crippen MR) is 84.6 cm³/mol. The van der Waals surface area contributed by atoms with Gasteiger partial charge in [-0.05, 0) is 25.7 Å². The van der Waals surface area contributed by atoms with E-state index in [9.17, 15) is 0 Å². The van der Waals surface area contributed by atoms with Crippen molar-refractivity contribution >= 4 is 0 Å². The molecule has 0 amide bonds. The lowest BCUT2D eigenvalue weighted by Gasteiger charge is -1.95. The monoisotopic (exact) mass is 247 g/mol. The van der Waals surface area contributed by atoms with Crippen LogP contribution in [0.2, 0.25) is 0 Å². The van der Waals surface area contributed by atoms with E-state index in [1.165, 1.54) is 57.8 Å². The quantitative estimate of drug-likeness (QED) is 0.276. The number of hydrogen-bond donors (Lipinski definition) is 0. The van der Waals surface area contributed by atoms with Crippen molar-refractivity contribution in [1.82, 2.24) is 0 Å². The first-order valence-corrected chi connectivity index (χ1v) is 7.69. The first-order valence-electron chi connectivity index (χ1n) is 7.69. The molecule has 0 aliphatic carbocycles. The maximum atomic E-state index is 3.86. The standard InChI is InChI=1S/C18H31/c1-3-5-7-9-11-13-15-17-18-16-14-12-10-8-6-4-2/h12,14-18H,1,3-11,13H2,2H3. The fourth-order valence-corrected chi connectivity index (χ4v) is 1.78. The zero-order valence-corrected chi connectivity index (χ0v) is 12.2. The predicted octanol–water partition coefficient (Wildman–Crippen LogP) is 6.41. The van der Waals surface area contributed by atoms with Gasteiger partial charge in [0.05, 0.1) is 0 Å². The lowest BCUT2D eigenvalue weighted by Crippen LogP contribution is -1.75. The molecule has 0 bridgehead atoms. The van der Waals surface area contributed by atoms with Crippen molar-refractivity contribution in [3.63, 3.8) is 0 Å². The maximum Gasteiger partial charge on any atom is -0.0348 e. The highest BCUT2D eigenvalue weighted by atomic mass is 13.9. The van der Waals surface area contributed by atoms with Crippen molar-refractivity contribution in [1.29, 1.82) is 0 Å². The summed E-state index contributed by atoms with van der Waals surface area (Å²) in [6.07, 6.45) is 25.9. The van der Waals surface area contributed by atoms with E-state index in [2.05, 4.69) is 50.3 Å². The van der Waals surface area contributed by atoms with Gasteiger partial charge >= 0.3 is 0 Å². The molecule has 0 aliphatic heterocycles. The average molecular weight is 247 g/mol. The van der Waals surface area contributed by atoms with E-state index in [0.29, 0.717) is 0 Å². The molecule has 0 atom stereocenters. The summed E-state index contributed by atoms with van der Waals surface area (Å²) < 4.78 is 0. The third kappa shape index (κ3) is 15.2. The van der Waals surface area contributed by atoms with Crippen molar-refractivity contribution < 1.29 is 0 Å². The first kappa shape index (κ1) is 17.2. The second-order valence-electron chi connectivity index (χ2n) is 4.79. The topological polar surface area (TPSA) is 0 Å². The van der Waals surface area contributed by atoms with Crippen molar-refractivity contribution in [3.05, 3.63) is 43.4 Å². The summed E-state index contributed by atoms with van der Waals surface area (Å²) in [5, 5.41) is 0. The highest BCUT2D eigenvalue weighted by Crippen LogP contribution is 2.05. The molecule has 103 valence electrons. The SMILES string of the molecule is [CH2]CCCCCCC=CC=CC=CCCCCC. The zero-order chi connectivity index (χ0) is 13.3. The van der Waals surface area contributed by atoms with Gasteiger partial charge in [0.2, 0.25) is 0 Å². The minimum absolute atomic E-state index is 1.09. The van der Waals surface area contributed by atoms with E-state index in [1.54, 1.807) is 0 Å². The Labute approximate surface area is 115 Å². The zero-order valence-electron chi connectivity index (χ0n) is 12.2. The Kier molecular flexibility index (Phi) is 15.5. The Morgan fingerprint density at radius 2 is 1.22 bits per heavy atom. The largest absolute Gasteiger partial charge is 0.0845 e. The van der Waals surface area contributed by atoms with Crippen LogP contribution in [0.1, 0.15) is 71.1 Å². The molecule has 0 aliphatic rings. The van der Waals surface area contributed by atoms with Crippen LogP contribution in [0, 0.1) is 6.92 Å². The van der Waals surface area contributed by atoms with Crippen LogP contribution in [0.5, 0.6) is 0 Å². The Morgan fingerprint density at radius 1 is 0.667 bits per heavy atom. The molecule has 0 spiro atoms. The molecule has 0 saturated heterocycles. The van der Waals surface area contributed by atoms with Crippen molar-refractivity contribution in [2.75, 3.05) is 0 Å². The summed E-state index contributed by atoms with van der Waals surface area (Å²) in [6, 6.07) is 0. The smallest absolute Gasteiger partial charge is 0.0348 e. The molecule has 0 aromatic rings. The lowest BCUT2D eigenvalue weighted by atomic mass is 10.1. The van der Waals surface area contributed by atoms with Crippen LogP contribution in [0.3, 0.4) is 0 Å². The van der Waals surface area contributed by atoms with Crippen molar-refractivity contribution in [2.45, 2.75) is 71.1 Å². The van der Waals surface area contributed by atoms with Gasteiger partial charge < -0.3 is 0 Å². The number of unbranched alkanes of at least 4 members (excludes halogenated alkanes) is 8. The van der Waals surface area contributed by atoms with Crippen LogP contribution in [-0.2, 0) is 0 Å². The Bertz CT molecular complexity index is 220. The summed E-state index contributed by atoms with van der Waals surface area (Å²) in [6.45, 7) is 6.10. The summed E-state index contributed by atoms with van der Waals surface area (Å²) in [7, 11) is 0. The number of allylic oxidation sites excluding steroid dienone is 6. The van der Waals surface area contributed by atoms with Gasteiger partial charge in [-0.1, -0.05) is 88.8 Å². The van der Waals surface area contributed by atoms with E-state index in [4.69, 9.17) is 0 Å². The molecule has 0 rings (SSSR count). The average Bonchev–Trinajstić information content (AvgIpc) is 2.39. The minimum atomic E-state index is 1.09. The molecule has 0 fully saturated rings. The van der Waals surface area contributed by atoms with Gasteiger partial charge in [0.15, 0.2) is 0 Å². The number of rotatable bonds is 12. The highest BCUT2D eigenvalue weighted by molar-refractivity contribution is 5.10. The summed E-state index contributed by atoms with van der Waals surface area (Å²) in [4.78, 5) is 0. The fraction of sp³-hybridized carbons (Fsp3) is 0.611. The molecular weight excluding hydrogens is 216 g/mol. The van der Waals surface area contributed by atoms with Gasteiger partial charge in [-0.15, -0.1) is 0 Å². The molecular formula is C18H31. The highest BCUT2D eigenvalue weighted by Gasteiger charge is 1.85. The maximum absolute atomic E-state index is 3.86. The third-order valence-electron chi connectivity index (χ3n) is 2.95. The second-order valence-corrected chi connectivity index (χ2v) is 4.79. The van der Waals surface area contributed by atoms with Crippen LogP contribution in [-0.4, -0.2) is 0 Å². The van der Waals surface area contributed by atoms with Crippen LogP contribution in [0.25, 0.3) is 0 Å². The van der Waals surface area contributed by atoms with E-state index in [1.807, 2.05) is 0 Å². The summed E-state index contributed by atoms with van der Waals surface area (Å²) >= 11 is 0. The van der Waals surface area contributed by atoms with Crippen molar-refractivity contribution in [3.8, 4) is 0 Å². The van der Waals surface area contributed by atoms with Crippen LogP contribution in [0.15, 0.2) is 36.5 Å². The second kappa shape index (κ2) is 16.2. The Morgan fingerprint density at radius 3 is 1.78 bits per heavy atom. The third-order valence-corrected chi connectivity index (χ3v) is 2.95. The first-order chi connectivity index (χ1) is 8.91. The van der Waals surface area contributed by atoms with Gasteiger partial charge in [-0.2, -0.15) is 0 Å². The molecule has 0 aromatic heterocycles. The molecule has 1 radical (unpaired) electrons. The van der Waals surface area contributed by atoms with E-state index in [0.717, 1.165) is 6.42 Å². The van der Waals surface area contributed by atoms with Crippen molar-refractivity contribution in [2.24, 2.45) is 0 Å². The van der Waals surface area contributed by atoms with E-state index < -0.39 is 0 Å². The van der Waals surface area contributed by atoms with Gasteiger partial charge in [-0.25, -0.2) is 0 Å². The molecule has 0 heteroatoms. The van der Waals surface area contributed by atoms with Gasteiger partial charge in [-0.3, -0.25) is 0 Å². The van der Waals surface area contributed by atoms with Gasteiger partial charge in [0, 0.05) is 0 Å². The fourth-order valence-electron chi connectivity index (χ4n) is 1.78. The molecule has 18 heavy (non-hydrogen) atoms. The van der Waals surface area contributed by atoms with E-state index >= 15 is 0 Å². The summed E-state index contributed by atoms with van der Waals surface area (Å²) in [5.74, 6) is 0. The molecule has 0 unspecified atom stereocenters. The molecule has 0 nitrogen and oxygen atoms in total. The normalized spacial score (nSPS) is 12.3. The van der Waals surface area contributed by atoms with Gasteiger partial charge in [0.1, 0.15) is 0 Å². The molecule has 0 heterocycles. The Balaban J connectivity index is 3.29. The molecule has 0 aromatic carbocycles. The minimum Gasteiger partial charge on any atom is -0.0845 e. The van der Waals surface area contributed by atoms with Crippen LogP contribution >= 0.6 is 0 Å². The van der Waals surface area contributed by atoms with E-state index in [-0.39, 0.29) is 0 Å². The Hall–Kier alpha value is -0.780. The number of hydrogen-bond acceptors (Lipinski definition) is 0. The summed E-state index contributed by atoms with van der Waals surface area (Å²) in [5.41, 5.74) is 0. The van der Waals surface area contributed by atoms with Crippen LogP contribution < -0.4 is 0 Å². The van der Waals surface area contributed by atoms with Gasteiger partial charge in [0.25, 0.3) is 0 Å².